The minimum Gasteiger partial charge on any atom is -0.373 e. The summed E-state index contributed by atoms with van der Waals surface area (Å²) >= 11 is 6.30. The number of benzene rings is 1. The smallest absolute Gasteiger partial charge is 0.0642 e. The Morgan fingerprint density at radius 2 is 2.00 bits per heavy atom. The van der Waals surface area contributed by atoms with Crippen LogP contribution < -0.4 is 10.2 Å². The van der Waals surface area contributed by atoms with Crippen LogP contribution in [0.2, 0.25) is 5.02 Å². The van der Waals surface area contributed by atoms with E-state index in [1.807, 2.05) is 12.1 Å². The topological polar surface area (TPSA) is 15.3 Å². The van der Waals surface area contributed by atoms with Crippen molar-refractivity contribution in [3.05, 3.63) is 28.8 Å². The zero-order valence-electron chi connectivity index (χ0n) is 11.1. The monoisotopic (exact) mass is 254 g/mol. The van der Waals surface area contributed by atoms with Crippen LogP contribution in [0.3, 0.4) is 0 Å². The number of hydrogen-bond acceptors (Lipinski definition) is 2. The van der Waals surface area contributed by atoms with Gasteiger partial charge in [-0.3, -0.25) is 0 Å². The van der Waals surface area contributed by atoms with Gasteiger partial charge in [-0.1, -0.05) is 37.6 Å². The molecule has 0 aliphatic carbocycles. The molecule has 0 aliphatic rings. The van der Waals surface area contributed by atoms with E-state index in [-0.39, 0.29) is 0 Å². The average Bonchev–Trinajstić information content (AvgIpc) is 2.29. The summed E-state index contributed by atoms with van der Waals surface area (Å²) in [4.78, 5) is 2.24. The Morgan fingerprint density at radius 3 is 2.65 bits per heavy atom. The average molecular weight is 255 g/mol. The van der Waals surface area contributed by atoms with E-state index in [9.17, 15) is 0 Å². The molecule has 96 valence electrons. The summed E-state index contributed by atoms with van der Waals surface area (Å²) < 4.78 is 0. The molecule has 0 saturated heterocycles. The Morgan fingerprint density at radius 1 is 1.24 bits per heavy atom. The molecule has 1 rings (SSSR count). The SMILES string of the molecule is CCCNCc1cccc(Cl)c1N(C)CCC. The van der Waals surface area contributed by atoms with Crippen LogP contribution in [0.1, 0.15) is 32.3 Å². The second-order valence-corrected chi connectivity index (χ2v) is 4.75. The molecule has 0 bridgehead atoms. The van der Waals surface area contributed by atoms with Gasteiger partial charge in [-0.2, -0.15) is 0 Å². The van der Waals surface area contributed by atoms with Crippen LogP contribution in [0.5, 0.6) is 0 Å². The van der Waals surface area contributed by atoms with E-state index in [0.29, 0.717) is 0 Å². The molecule has 0 radical (unpaired) electrons. The van der Waals surface area contributed by atoms with Gasteiger partial charge >= 0.3 is 0 Å². The van der Waals surface area contributed by atoms with Crippen LogP contribution >= 0.6 is 11.6 Å². The minimum absolute atomic E-state index is 0.844. The molecule has 0 heterocycles. The van der Waals surface area contributed by atoms with Gasteiger partial charge in [0.2, 0.25) is 0 Å². The fourth-order valence-corrected chi connectivity index (χ4v) is 2.32. The molecule has 17 heavy (non-hydrogen) atoms. The van der Waals surface area contributed by atoms with Gasteiger partial charge in [0.1, 0.15) is 0 Å². The Hall–Kier alpha value is -0.730. The van der Waals surface area contributed by atoms with E-state index in [1.165, 1.54) is 11.3 Å². The second kappa shape index (κ2) is 7.57. The Labute approximate surface area is 110 Å². The zero-order valence-corrected chi connectivity index (χ0v) is 11.8. The third-order valence-corrected chi connectivity index (χ3v) is 3.06. The van der Waals surface area contributed by atoms with Gasteiger partial charge in [0.05, 0.1) is 10.7 Å². The molecule has 0 aromatic heterocycles. The summed E-state index contributed by atoms with van der Waals surface area (Å²) in [5, 5.41) is 4.27. The van der Waals surface area contributed by atoms with Crippen LogP contribution in [0.25, 0.3) is 0 Å². The van der Waals surface area contributed by atoms with Crippen molar-refractivity contribution < 1.29 is 0 Å². The highest BCUT2D eigenvalue weighted by Crippen LogP contribution is 2.29. The van der Waals surface area contributed by atoms with Crippen molar-refractivity contribution in [3.63, 3.8) is 0 Å². The largest absolute Gasteiger partial charge is 0.373 e. The zero-order chi connectivity index (χ0) is 12.7. The normalized spacial score (nSPS) is 10.6. The Bertz CT molecular complexity index is 339. The molecule has 0 unspecified atom stereocenters. The van der Waals surface area contributed by atoms with Crippen LogP contribution in [0.15, 0.2) is 18.2 Å². The maximum absolute atomic E-state index is 6.30. The van der Waals surface area contributed by atoms with Crippen molar-refractivity contribution in [2.24, 2.45) is 0 Å². The molecule has 2 nitrogen and oxygen atoms in total. The molecular weight excluding hydrogens is 232 g/mol. The van der Waals surface area contributed by atoms with Crippen molar-refractivity contribution >= 4 is 17.3 Å². The maximum Gasteiger partial charge on any atom is 0.0642 e. The van der Waals surface area contributed by atoms with Crippen LogP contribution in [0.4, 0.5) is 5.69 Å². The van der Waals surface area contributed by atoms with Gasteiger partial charge in [0.15, 0.2) is 0 Å². The van der Waals surface area contributed by atoms with Gasteiger partial charge in [-0.25, -0.2) is 0 Å². The second-order valence-electron chi connectivity index (χ2n) is 4.35. The minimum atomic E-state index is 0.844. The van der Waals surface area contributed by atoms with Crippen LogP contribution in [-0.4, -0.2) is 20.1 Å². The molecule has 3 heteroatoms. The van der Waals surface area contributed by atoms with Crippen LogP contribution in [0, 0.1) is 0 Å². The summed E-state index contributed by atoms with van der Waals surface area (Å²) in [5.74, 6) is 0. The van der Waals surface area contributed by atoms with Gasteiger partial charge in [0, 0.05) is 20.1 Å². The first-order valence-corrected chi connectivity index (χ1v) is 6.77. The molecule has 0 fully saturated rings. The molecule has 0 aliphatic heterocycles. The third-order valence-electron chi connectivity index (χ3n) is 2.75. The quantitative estimate of drug-likeness (QED) is 0.747. The summed E-state index contributed by atoms with van der Waals surface area (Å²) in [6, 6.07) is 6.14. The van der Waals surface area contributed by atoms with E-state index < -0.39 is 0 Å². The highest BCUT2D eigenvalue weighted by Gasteiger charge is 2.10. The first-order chi connectivity index (χ1) is 8.20. The van der Waals surface area contributed by atoms with Crippen molar-refractivity contribution in [3.8, 4) is 0 Å². The fourth-order valence-electron chi connectivity index (χ4n) is 1.98. The maximum atomic E-state index is 6.30. The van der Waals surface area contributed by atoms with Crippen molar-refractivity contribution in [1.82, 2.24) is 5.32 Å². The van der Waals surface area contributed by atoms with E-state index in [1.54, 1.807) is 0 Å². The molecule has 1 aromatic carbocycles. The molecule has 0 amide bonds. The van der Waals surface area contributed by atoms with E-state index >= 15 is 0 Å². The summed E-state index contributed by atoms with van der Waals surface area (Å²) in [6.45, 7) is 7.32. The van der Waals surface area contributed by atoms with Crippen molar-refractivity contribution in [2.45, 2.75) is 33.2 Å². The third kappa shape index (κ3) is 4.21. The molecule has 1 aromatic rings. The molecule has 0 spiro atoms. The lowest BCUT2D eigenvalue weighted by atomic mass is 10.1. The number of anilines is 1. The van der Waals surface area contributed by atoms with E-state index in [2.05, 4.69) is 37.2 Å². The first-order valence-electron chi connectivity index (χ1n) is 6.39. The molecular formula is C14H23ClN2. The van der Waals surface area contributed by atoms with Gasteiger partial charge < -0.3 is 10.2 Å². The van der Waals surface area contributed by atoms with Gasteiger partial charge in [-0.05, 0) is 31.0 Å². The molecule has 0 saturated carbocycles. The number of para-hydroxylation sites is 1. The lowest BCUT2D eigenvalue weighted by Gasteiger charge is -2.23. The fraction of sp³-hybridized carbons (Fsp3) is 0.571. The van der Waals surface area contributed by atoms with E-state index in [0.717, 1.165) is 37.5 Å². The summed E-state index contributed by atoms with van der Waals surface area (Å²) in [6.07, 6.45) is 2.28. The summed E-state index contributed by atoms with van der Waals surface area (Å²) in [5.41, 5.74) is 2.45. The Balaban J connectivity index is 2.83. The molecule has 0 atom stereocenters. The van der Waals surface area contributed by atoms with Crippen molar-refractivity contribution in [1.29, 1.82) is 0 Å². The lowest BCUT2D eigenvalue weighted by molar-refractivity contribution is 0.673. The summed E-state index contributed by atoms with van der Waals surface area (Å²) in [7, 11) is 2.11. The highest BCUT2D eigenvalue weighted by atomic mass is 35.5. The van der Waals surface area contributed by atoms with E-state index in [4.69, 9.17) is 11.6 Å². The Kier molecular flexibility index (Phi) is 6.38. The number of nitrogens with one attached hydrogen (secondary N) is 1. The first kappa shape index (κ1) is 14.3. The number of hydrogen-bond donors (Lipinski definition) is 1. The number of halogens is 1. The van der Waals surface area contributed by atoms with Gasteiger partial charge in [0.25, 0.3) is 0 Å². The molecule has 1 N–H and O–H groups in total. The standard InChI is InChI=1S/C14H23ClN2/c1-4-9-16-11-12-7-6-8-13(15)14(12)17(3)10-5-2/h6-8,16H,4-5,9-11H2,1-3H3. The highest BCUT2D eigenvalue weighted by molar-refractivity contribution is 6.33. The van der Waals surface area contributed by atoms with Crippen LogP contribution in [-0.2, 0) is 6.54 Å². The van der Waals surface area contributed by atoms with Gasteiger partial charge in [-0.15, -0.1) is 0 Å². The number of nitrogens with zero attached hydrogens (tertiary/aromatic N) is 1. The number of rotatable bonds is 7. The lowest BCUT2D eigenvalue weighted by Crippen LogP contribution is -2.22. The predicted octanol–water partition coefficient (Wildman–Crippen LogP) is 3.69. The van der Waals surface area contributed by atoms with Crippen molar-refractivity contribution in [2.75, 3.05) is 25.0 Å². The predicted molar refractivity (Wildman–Crippen MR) is 77.0 cm³/mol.